The molecule has 4 rings (SSSR count). The molecule has 0 atom stereocenters. The first-order valence-electron chi connectivity index (χ1n) is 10.2. The molecule has 0 saturated heterocycles. The van der Waals surface area contributed by atoms with E-state index in [-0.39, 0.29) is 54.8 Å². The van der Waals surface area contributed by atoms with Gasteiger partial charge in [-0.15, -0.1) is 22.7 Å². The number of hydrogen-bond acceptors (Lipinski definition) is 9. The van der Waals surface area contributed by atoms with E-state index in [4.69, 9.17) is 32.7 Å². The Morgan fingerprint density at radius 2 is 1.24 bits per heavy atom. The number of fused-ring (bicyclic) bond motifs is 2. The van der Waals surface area contributed by atoms with Gasteiger partial charge >= 0.3 is 18.3 Å². The molecule has 4 heterocycles. The first-order valence-corrected chi connectivity index (χ1v) is 12.6. The molecule has 0 spiro atoms. The molecule has 0 aliphatic rings. The zero-order chi connectivity index (χ0) is 28.4. The maximum Gasteiger partial charge on any atom is 0.425 e. The molecule has 0 aliphatic heterocycles. The van der Waals surface area contributed by atoms with Gasteiger partial charge in [-0.05, 0) is 49.2 Å². The van der Waals surface area contributed by atoms with Crippen LogP contribution in [0.5, 0.6) is 0 Å². The van der Waals surface area contributed by atoms with Crippen LogP contribution in [-0.2, 0) is 21.8 Å². The highest BCUT2D eigenvalue weighted by molar-refractivity contribution is 7.19. The quantitative estimate of drug-likeness (QED) is 0.0971. The Kier molecular flexibility index (Phi) is 9.06. The molecule has 38 heavy (non-hydrogen) atoms. The van der Waals surface area contributed by atoms with Gasteiger partial charge in [-0.1, -0.05) is 6.58 Å². The van der Waals surface area contributed by atoms with Gasteiger partial charge < -0.3 is 9.47 Å². The van der Waals surface area contributed by atoms with Crippen LogP contribution in [0.15, 0.2) is 18.7 Å². The highest BCUT2D eigenvalue weighted by atomic mass is 35.5. The molecule has 0 fully saturated rings. The van der Waals surface area contributed by atoms with E-state index in [0.717, 1.165) is 12.1 Å². The SMILES string of the molecule is C=C(OCC)c1nc(Cl)nc2cc(C(F)(F)F)sc12.CCOC(=O)c1nc(Cl)nc2cc(C(F)(F)F)sc12. The number of ether oxygens (including phenoxy) is 2. The Hall–Kier alpha value is -2.75. The van der Waals surface area contributed by atoms with Gasteiger partial charge in [0.15, 0.2) is 5.69 Å². The van der Waals surface area contributed by atoms with Gasteiger partial charge in [-0.3, -0.25) is 0 Å². The summed E-state index contributed by atoms with van der Waals surface area (Å²) in [6, 6.07) is 1.77. The van der Waals surface area contributed by atoms with E-state index in [1.807, 2.05) is 0 Å². The van der Waals surface area contributed by atoms with Crippen LogP contribution in [0.2, 0.25) is 10.6 Å². The van der Waals surface area contributed by atoms with Crippen LogP contribution in [0.25, 0.3) is 26.2 Å². The van der Waals surface area contributed by atoms with Gasteiger partial charge in [-0.25, -0.2) is 24.7 Å². The number of nitrogens with zero attached hydrogens (tertiary/aromatic N) is 4. The van der Waals surface area contributed by atoms with Crippen LogP contribution in [0.1, 0.15) is 39.8 Å². The normalized spacial score (nSPS) is 11.8. The third-order valence-corrected chi connectivity index (χ3v) is 6.99. The lowest BCUT2D eigenvalue weighted by molar-refractivity contribution is -0.135. The molecule has 0 bridgehead atoms. The number of esters is 1. The molecule has 0 radical (unpaired) electrons. The molecule has 0 saturated carbocycles. The summed E-state index contributed by atoms with van der Waals surface area (Å²) in [4.78, 5) is 25.0. The number of aromatic nitrogens is 4. The minimum atomic E-state index is -4.51. The largest absolute Gasteiger partial charge is 0.492 e. The van der Waals surface area contributed by atoms with Crippen LogP contribution < -0.4 is 0 Å². The monoisotopic (exact) mass is 618 g/mol. The van der Waals surface area contributed by atoms with E-state index in [9.17, 15) is 31.1 Å². The maximum absolute atomic E-state index is 12.7. The summed E-state index contributed by atoms with van der Waals surface area (Å²) in [6.45, 7) is 7.36. The summed E-state index contributed by atoms with van der Waals surface area (Å²) in [5.74, 6) is -0.653. The number of carbonyl (C=O) groups excluding carboxylic acids is 1. The summed E-state index contributed by atoms with van der Waals surface area (Å²) in [5.41, 5.74) is 0.0447. The molecule has 0 aromatic carbocycles. The van der Waals surface area contributed by atoms with Crippen molar-refractivity contribution in [2.24, 2.45) is 0 Å². The number of thiophene rings is 2. The first kappa shape index (κ1) is 29.8. The number of alkyl halides is 6. The van der Waals surface area contributed by atoms with Crippen molar-refractivity contribution in [1.29, 1.82) is 0 Å². The Bertz CT molecular complexity index is 1390. The minimum absolute atomic E-state index is 0.00942. The lowest BCUT2D eigenvalue weighted by atomic mass is 10.3. The maximum atomic E-state index is 12.7. The third-order valence-electron chi connectivity index (χ3n) is 4.30. The molecule has 0 N–H and O–H groups in total. The second kappa shape index (κ2) is 11.6. The predicted molar refractivity (Wildman–Crippen MR) is 131 cm³/mol. The summed E-state index contributed by atoms with van der Waals surface area (Å²) < 4.78 is 86.1. The highest BCUT2D eigenvalue weighted by Gasteiger charge is 2.35. The number of hydrogen-bond donors (Lipinski definition) is 0. The molecule has 0 unspecified atom stereocenters. The Balaban J connectivity index is 0.000000211. The lowest BCUT2D eigenvalue weighted by Crippen LogP contribution is -2.07. The summed E-state index contributed by atoms with van der Waals surface area (Å²) in [7, 11) is 0. The van der Waals surface area contributed by atoms with Crippen LogP contribution in [0, 0.1) is 0 Å². The van der Waals surface area contributed by atoms with Crippen molar-refractivity contribution in [3.63, 3.8) is 0 Å². The summed E-state index contributed by atoms with van der Waals surface area (Å²) in [5, 5.41) is -0.447. The number of rotatable bonds is 5. The predicted octanol–water partition coefficient (Wildman–Crippen LogP) is 7.91. The fourth-order valence-electron chi connectivity index (χ4n) is 2.85. The topological polar surface area (TPSA) is 87.1 Å². The molecule has 204 valence electrons. The zero-order valence-electron chi connectivity index (χ0n) is 19.1. The van der Waals surface area contributed by atoms with Crippen LogP contribution in [0.3, 0.4) is 0 Å². The van der Waals surface area contributed by atoms with E-state index >= 15 is 0 Å². The Labute approximate surface area is 228 Å². The molecule has 0 aliphatic carbocycles. The van der Waals surface area contributed by atoms with Gasteiger partial charge in [0.25, 0.3) is 0 Å². The van der Waals surface area contributed by atoms with E-state index in [1.54, 1.807) is 13.8 Å². The van der Waals surface area contributed by atoms with E-state index in [1.165, 1.54) is 0 Å². The van der Waals surface area contributed by atoms with Gasteiger partial charge in [0, 0.05) is 0 Å². The Morgan fingerprint density at radius 1 is 0.816 bits per heavy atom. The Morgan fingerprint density at radius 3 is 1.66 bits per heavy atom. The van der Waals surface area contributed by atoms with Gasteiger partial charge in [0.2, 0.25) is 10.6 Å². The molecular formula is C21H14Cl2F6N4O3S2. The number of carbonyl (C=O) groups is 1. The minimum Gasteiger partial charge on any atom is -0.492 e. The van der Waals surface area contributed by atoms with E-state index in [0.29, 0.717) is 29.3 Å². The molecular weight excluding hydrogens is 605 g/mol. The second-order valence-corrected chi connectivity index (χ2v) is 9.69. The standard InChI is InChI=1S/C11H8ClF3N2OS.C10H6ClF3N2O2S/c1-3-18-5(2)8-9-6(16-10(12)17-8)4-7(19-9)11(13,14)15;1-2-18-8(17)6-7-4(15-9(11)16-6)3-5(19-7)10(12,13)14/h4H,2-3H2,1H3;3H,2H2,1H3. The average molecular weight is 619 g/mol. The summed E-state index contributed by atoms with van der Waals surface area (Å²) in [6.07, 6.45) is -8.94. The van der Waals surface area contributed by atoms with Crippen LogP contribution >= 0.6 is 45.9 Å². The smallest absolute Gasteiger partial charge is 0.425 e. The molecule has 0 amide bonds. The average Bonchev–Trinajstić information content (AvgIpc) is 3.43. The van der Waals surface area contributed by atoms with Crippen molar-refractivity contribution < 1.29 is 40.6 Å². The van der Waals surface area contributed by atoms with Crippen LogP contribution in [-0.4, -0.2) is 39.1 Å². The second-order valence-electron chi connectivity index (χ2n) is 6.90. The number of halogens is 8. The molecule has 7 nitrogen and oxygen atoms in total. The van der Waals surface area contributed by atoms with Crippen molar-refractivity contribution in [3.05, 3.63) is 50.4 Å². The lowest BCUT2D eigenvalue weighted by Gasteiger charge is -2.06. The first-order chi connectivity index (χ1) is 17.6. The zero-order valence-corrected chi connectivity index (χ0v) is 22.3. The van der Waals surface area contributed by atoms with Crippen LogP contribution in [0.4, 0.5) is 26.3 Å². The fourth-order valence-corrected chi connectivity index (χ4v) is 5.12. The van der Waals surface area contributed by atoms with Crippen molar-refractivity contribution in [2.75, 3.05) is 13.2 Å². The van der Waals surface area contributed by atoms with Gasteiger partial charge in [0.05, 0.1) is 33.6 Å². The van der Waals surface area contributed by atoms with Crippen molar-refractivity contribution in [2.45, 2.75) is 26.2 Å². The van der Waals surface area contributed by atoms with E-state index < -0.39 is 28.1 Å². The fraction of sp³-hybridized carbons (Fsp3) is 0.286. The third kappa shape index (κ3) is 6.81. The molecule has 4 aromatic heterocycles. The highest BCUT2D eigenvalue weighted by Crippen LogP contribution is 2.40. The van der Waals surface area contributed by atoms with Crippen molar-refractivity contribution in [1.82, 2.24) is 19.9 Å². The van der Waals surface area contributed by atoms with Crippen molar-refractivity contribution in [3.8, 4) is 0 Å². The van der Waals surface area contributed by atoms with Gasteiger partial charge in [0.1, 0.15) is 21.2 Å². The molecule has 17 heteroatoms. The van der Waals surface area contributed by atoms with Gasteiger partial charge in [-0.2, -0.15) is 26.3 Å². The van der Waals surface area contributed by atoms with Crippen molar-refractivity contribution >= 4 is 78.0 Å². The summed E-state index contributed by atoms with van der Waals surface area (Å²) >= 11 is 12.2. The van der Waals surface area contributed by atoms with E-state index in [2.05, 4.69) is 26.5 Å². The molecule has 4 aromatic rings.